The van der Waals surface area contributed by atoms with E-state index in [2.05, 4.69) is 57.2 Å². The molecule has 148 valence electrons. The van der Waals surface area contributed by atoms with Crippen LogP contribution in [0.3, 0.4) is 0 Å². The number of allylic oxidation sites excluding steroid dienone is 2. The predicted molar refractivity (Wildman–Crippen MR) is 117 cm³/mol. The van der Waals surface area contributed by atoms with Crippen LogP contribution in [0, 0.1) is 13.8 Å². The maximum absolute atomic E-state index is 5.71. The van der Waals surface area contributed by atoms with Crippen molar-refractivity contribution in [1.82, 2.24) is 14.4 Å². The predicted octanol–water partition coefficient (Wildman–Crippen LogP) is 6.18. The first kappa shape index (κ1) is 20.1. The Kier molecular flexibility index (Phi) is 6.18. The van der Waals surface area contributed by atoms with Crippen molar-refractivity contribution in [3.63, 3.8) is 0 Å². The molecule has 0 unspecified atom stereocenters. The van der Waals surface area contributed by atoms with Gasteiger partial charge in [-0.2, -0.15) is 0 Å². The molecule has 3 rings (SSSR count). The highest BCUT2D eigenvalue weighted by atomic mass is 16.5. The minimum atomic E-state index is 0.846. The fourth-order valence-electron chi connectivity index (χ4n) is 4.01. The zero-order valence-corrected chi connectivity index (χ0v) is 18.0. The monoisotopic (exact) mass is 377 g/mol. The van der Waals surface area contributed by atoms with Gasteiger partial charge < -0.3 is 4.74 Å². The number of fused-ring (bicyclic) bond motifs is 1. The normalized spacial score (nSPS) is 12.0. The maximum atomic E-state index is 5.71. The molecule has 0 bridgehead atoms. The Labute approximate surface area is 168 Å². The van der Waals surface area contributed by atoms with Crippen LogP contribution in [0.1, 0.15) is 62.5 Å². The summed E-state index contributed by atoms with van der Waals surface area (Å²) in [7, 11) is 1.72. The van der Waals surface area contributed by atoms with Crippen LogP contribution in [0.15, 0.2) is 30.6 Å². The molecule has 28 heavy (non-hydrogen) atoms. The first-order chi connectivity index (χ1) is 13.5. The minimum Gasteiger partial charge on any atom is -0.496 e. The van der Waals surface area contributed by atoms with Gasteiger partial charge in [0.05, 0.1) is 18.5 Å². The highest BCUT2D eigenvalue weighted by Gasteiger charge is 2.21. The number of rotatable bonds is 7. The number of methoxy groups -OCH3 is 1. The largest absolute Gasteiger partial charge is 0.496 e. The first-order valence-electron chi connectivity index (χ1n) is 10.3. The molecule has 0 saturated carbocycles. The number of hydrogen-bond acceptors (Lipinski definition) is 3. The van der Waals surface area contributed by atoms with Crippen LogP contribution in [0.2, 0.25) is 0 Å². The van der Waals surface area contributed by atoms with E-state index in [0.717, 1.165) is 59.6 Å². The van der Waals surface area contributed by atoms with Gasteiger partial charge in [0, 0.05) is 18.0 Å². The second kappa shape index (κ2) is 8.59. The van der Waals surface area contributed by atoms with Gasteiger partial charge in [0.15, 0.2) is 5.65 Å². The molecule has 0 aliphatic heterocycles. The van der Waals surface area contributed by atoms with Crippen LogP contribution in [-0.2, 0) is 6.42 Å². The average molecular weight is 378 g/mol. The number of imidazole rings is 1. The summed E-state index contributed by atoms with van der Waals surface area (Å²) < 4.78 is 7.93. The lowest BCUT2D eigenvalue weighted by molar-refractivity contribution is 0.415. The van der Waals surface area contributed by atoms with Gasteiger partial charge in [-0.1, -0.05) is 39.3 Å². The quantitative estimate of drug-likeness (QED) is 0.494. The minimum absolute atomic E-state index is 0.846. The maximum Gasteiger partial charge on any atom is 0.164 e. The third kappa shape index (κ3) is 3.56. The van der Waals surface area contributed by atoms with Crippen LogP contribution >= 0.6 is 0 Å². The van der Waals surface area contributed by atoms with Gasteiger partial charge in [-0.05, 0) is 55.9 Å². The Bertz CT molecular complexity index is 1010. The Hall–Kier alpha value is -2.62. The molecule has 0 saturated heterocycles. The van der Waals surface area contributed by atoms with Crippen molar-refractivity contribution in [2.45, 2.75) is 60.3 Å². The van der Waals surface area contributed by atoms with Gasteiger partial charge in [0.25, 0.3) is 0 Å². The van der Waals surface area contributed by atoms with E-state index in [1.807, 2.05) is 12.4 Å². The highest BCUT2D eigenvalue weighted by molar-refractivity contribution is 5.83. The summed E-state index contributed by atoms with van der Waals surface area (Å²) in [5.74, 6) is 0.846. The summed E-state index contributed by atoms with van der Waals surface area (Å²) in [4.78, 5) is 9.77. The zero-order valence-electron chi connectivity index (χ0n) is 18.0. The summed E-state index contributed by atoms with van der Waals surface area (Å²) in [5.41, 5.74) is 8.87. The van der Waals surface area contributed by atoms with Crippen molar-refractivity contribution in [1.29, 1.82) is 0 Å². The first-order valence-corrected chi connectivity index (χ1v) is 10.3. The molecule has 2 heterocycles. The smallest absolute Gasteiger partial charge is 0.164 e. The number of benzene rings is 1. The Morgan fingerprint density at radius 2 is 1.96 bits per heavy atom. The lowest BCUT2D eigenvalue weighted by atomic mass is 10.0. The van der Waals surface area contributed by atoms with E-state index >= 15 is 0 Å². The van der Waals surface area contributed by atoms with E-state index in [-0.39, 0.29) is 0 Å². The average Bonchev–Trinajstić information content (AvgIpc) is 3.06. The lowest BCUT2D eigenvalue weighted by Crippen LogP contribution is -2.00. The van der Waals surface area contributed by atoms with Gasteiger partial charge in [-0.15, -0.1) is 0 Å². The number of aryl methyl sites for hydroxylation is 3. The summed E-state index contributed by atoms with van der Waals surface area (Å²) in [5, 5.41) is 0. The molecule has 0 aliphatic rings. The molecule has 4 heteroatoms. The number of nitrogens with zero attached hydrogens (tertiary/aromatic N) is 3. The van der Waals surface area contributed by atoms with Gasteiger partial charge in [-0.3, -0.25) is 9.38 Å². The molecule has 0 atom stereocenters. The van der Waals surface area contributed by atoms with E-state index in [9.17, 15) is 0 Å². The van der Waals surface area contributed by atoms with E-state index < -0.39 is 0 Å². The molecule has 0 amide bonds. The third-order valence-corrected chi connectivity index (χ3v) is 5.12. The zero-order chi connectivity index (χ0) is 20.3. The second-order valence-corrected chi connectivity index (χ2v) is 7.28. The number of aromatic nitrogens is 3. The lowest BCUT2D eigenvalue weighted by Gasteiger charge is -2.14. The van der Waals surface area contributed by atoms with E-state index in [1.165, 1.54) is 16.8 Å². The molecule has 2 aromatic heterocycles. The van der Waals surface area contributed by atoms with Gasteiger partial charge in [0.2, 0.25) is 0 Å². The highest BCUT2D eigenvalue weighted by Crippen LogP contribution is 2.36. The fourth-order valence-corrected chi connectivity index (χ4v) is 4.01. The van der Waals surface area contributed by atoms with Crippen LogP contribution < -0.4 is 4.74 Å². The summed E-state index contributed by atoms with van der Waals surface area (Å²) in [6.45, 7) is 10.8. The topological polar surface area (TPSA) is 39.4 Å². The van der Waals surface area contributed by atoms with Crippen molar-refractivity contribution in [2.24, 2.45) is 0 Å². The third-order valence-electron chi connectivity index (χ3n) is 5.12. The molecule has 0 N–H and O–H groups in total. The molecule has 0 aliphatic carbocycles. The van der Waals surface area contributed by atoms with E-state index in [4.69, 9.17) is 14.7 Å². The van der Waals surface area contributed by atoms with Crippen molar-refractivity contribution in [2.75, 3.05) is 7.11 Å². The Balaban J connectivity index is 2.34. The van der Waals surface area contributed by atoms with Crippen molar-refractivity contribution in [3.05, 3.63) is 53.1 Å². The van der Waals surface area contributed by atoms with E-state index in [1.54, 1.807) is 7.11 Å². The fraction of sp³-hybridized carbons (Fsp3) is 0.417. The molecule has 0 spiro atoms. The van der Waals surface area contributed by atoms with Gasteiger partial charge in [0.1, 0.15) is 11.4 Å². The van der Waals surface area contributed by atoms with Gasteiger partial charge >= 0.3 is 0 Å². The standard InChI is InChI=1S/C24H31N3O/c1-7-10-18(11-8-2)23-19(9-3)26-24-22(25-12-13-27(23)24)21-17(5)14-16(4)15-20(21)28-6/h10,12-15H,7-9,11H2,1-6H3/b18-10+. The van der Waals surface area contributed by atoms with Crippen LogP contribution in [0.5, 0.6) is 5.75 Å². The SMILES string of the molecule is CC/C=C(\CCC)c1c(CC)nc2c(-c3c(C)cc(C)cc3OC)nccn12. The van der Waals surface area contributed by atoms with E-state index in [0.29, 0.717) is 0 Å². The van der Waals surface area contributed by atoms with Gasteiger partial charge in [-0.25, -0.2) is 4.98 Å². The van der Waals surface area contributed by atoms with Crippen molar-refractivity contribution in [3.8, 4) is 17.0 Å². The van der Waals surface area contributed by atoms with Crippen LogP contribution in [0.4, 0.5) is 0 Å². The molecule has 4 nitrogen and oxygen atoms in total. The van der Waals surface area contributed by atoms with Crippen LogP contribution in [-0.4, -0.2) is 21.5 Å². The second-order valence-electron chi connectivity index (χ2n) is 7.28. The molecule has 3 aromatic rings. The summed E-state index contributed by atoms with van der Waals surface area (Å²) >= 11 is 0. The molecule has 1 aromatic carbocycles. The Morgan fingerprint density at radius 1 is 1.18 bits per heavy atom. The summed E-state index contributed by atoms with van der Waals surface area (Å²) in [6, 6.07) is 4.24. The molecule has 0 fully saturated rings. The van der Waals surface area contributed by atoms with Crippen molar-refractivity contribution < 1.29 is 4.74 Å². The number of hydrogen-bond donors (Lipinski definition) is 0. The molecular formula is C24H31N3O. The van der Waals surface area contributed by atoms with Crippen molar-refractivity contribution >= 4 is 11.2 Å². The summed E-state index contributed by atoms with van der Waals surface area (Å²) in [6.07, 6.45) is 10.3. The molecular weight excluding hydrogens is 346 g/mol. The Morgan fingerprint density at radius 3 is 2.61 bits per heavy atom. The van der Waals surface area contributed by atoms with Crippen LogP contribution in [0.25, 0.3) is 22.5 Å². The molecule has 0 radical (unpaired) electrons. The number of ether oxygens (including phenoxy) is 1.